The van der Waals surface area contributed by atoms with E-state index in [1.165, 1.54) is 15.5 Å². The Hall–Kier alpha value is -4.42. The molecule has 0 unspecified atom stereocenters. The van der Waals surface area contributed by atoms with Gasteiger partial charge in [0.2, 0.25) is 0 Å². The van der Waals surface area contributed by atoms with E-state index in [1.54, 1.807) is 55.8 Å². The van der Waals surface area contributed by atoms with E-state index < -0.39 is 36.2 Å². The number of ether oxygens (including phenoxy) is 1. The number of benzene rings is 1. The van der Waals surface area contributed by atoms with Crippen LogP contribution in [0.1, 0.15) is 16.8 Å². The number of pyridine rings is 2. The number of aliphatic carboxylic acids is 2. The third-order valence-corrected chi connectivity index (χ3v) is 5.39. The Bertz CT molecular complexity index is 1340. The van der Waals surface area contributed by atoms with Gasteiger partial charge in [-0.15, -0.1) is 0 Å². The quantitative estimate of drug-likeness (QED) is 0.549. The van der Waals surface area contributed by atoms with Crippen molar-refractivity contribution in [2.45, 2.75) is 24.7 Å². The zero-order valence-electron chi connectivity index (χ0n) is 18.7. The summed E-state index contributed by atoms with van der Waals surface area (Å²) in [5.41, 5.74) is 0.473. The minimum atomic E-state index is -5.08. The van der Waals surface area contributed by atoms with Gasteiger partial charge in [-0.1, -0.05) is 18.2 Å². The topological polar surface area (TPSA) is 139 Å². The number of carbonyl (C=O) groups is 3. The number of carbonyl (C=O) groups excluding carboxylic acids is 1. The van der Waals surface area contributed by atoms with Crippen molar-refractivity contribution in [3.8, 4) is 5.75 Å². The molecule has 190 valence electrons. The maximum absolute atomic E-state index is 13.3. The second kappa shape index (κ2) is 10.5. The Morgan fingerprint density at radius 3 is 2.28 bits per heavy atom. The molecule has 1 amide bonds. The Morgan fingerprint density at radius 1 is 1.08 bits per heavy atom. The molecule has 2 N–H and O–H groups in total. The SMILES string of the molecule is Cn1c(=O)cc(C(=O)N2C[C@@H](Oc3ccncc3)C[C@H]2C(=O)O)c2ccccc21.O=C(O)C(F)(F)F. The Labute approximate surface area is 201 Å². The van der Waals surface area contributed by atoms with Gasteiger partial charge in [0, 0.05) is 37.3 Å². The number of aromatic nitrogens is 2. The highest BCUT2D eigenvalue weighted by molar-refractivity contribution is 6.07. The van der Waals surface area contributed by atoms with Gasteiger partial charge in [-0.2, -0.15) is 13.2 Å². The molecular weight excluding hydrogens is 487 g/mol. The van der Waals surface area contributed by atoms with Crippen LogP contribution in [0.4, 0.5) is 13.2 Å². The average Bonchev–Trinajstić information content (AvgIpc) is 3.25. The van der Waals surface area contributed by atoms with Crippen LogP contribution < -0.4 is 10.3 Å². The smallest absolute Gasteiger partial charge is 0.488 e. The van der Waals surface area contributed by atoms with Gasteiger partial charge in [0.25, 0.3) is 11.5 Å². The molecule has 1 aliphatic heterocycles. The summed E-state index contributed by atoms with van der Waals surface area (Å²) in [7, 11) is 1.63. The number of rotatable bonds is 4. The van der Waals surface area contributed by atoms with Crippen LogP contribution in [0, 0.1) is 0 Å². The van der Waals surface area contributed by atoms with Crippen molar-refractivity contribution in [1.82, 2.24) is 14.5 Å². The first-order valence-electron chi connectivity index (χ1n) is 10.4. The lowest BCUT2D eigenvalue weighted by molar-refractivity contribution is -0.192. The second-order valence-corrected chi connectivity index (χ2v) is 7.75. The van der Waals surface area contributed by atoms with Gasteiger partial charge in [-0.25, -0.2) is 9.59 Å². The summed E-state index contributed by atoms with van der Waals surface area (Å²) in [5, 5.41) is 17.4. The number of halogens is 3. The maximum Gasteiger partial charge on any atom is 0.490 e. The number of hydrogen-bond acceptors (Lipinski definition) is 6. The lowest BCUT2D eigenvalue weighted by atomic mass is 10.1. The molecule has 0 bridgehead atoms. The molecule has 0 spiro atoms. The number of likely N-dealkylation sites (tertiary alicyclic amines) is 1. The molecule has 2 atom stereocenters. The van der Waals surface area contributed by atoms with Crippen LogP contribution in [-0.2, 0) is 16.6 Å². The van der Waals surface area contributed by atoms with Gasteiger partial charge in [-0.05, 0) is 18.2 Å². The number of aryl methyl sites for hydroxylation is 1. The molecule has 1 aromatic carbocycles. The molecule has 0 radical (unpaired) electrons. The third kappa shape index (κ3) is 5.79. The van der Waals surface area contributed by atoms with E-state index in [1.807, 2.05) is 0 Å². The molecule has 3 aromatic rings. The van der Waals surface area contributed by atoms with Crippen molar-refractivity contribution in [3.63, 3.8) is 0 Å². The fourth-order valence-corrected chi connectivity index (χ4v) is 3.69. The third-order valence-electron chi connectivity index (χ3n) is 5.39. The predicted molar refractivity (Wildman–Crippen MR) is 119 cm³/mol. The summed E-state index contributed by atoms with van der Waals surface area (Å²) >= 11 is 0. The van der Waals surface area contributed by atoms with Crippen LogP contribution in [0.15, 0.2) is 59.7 Å². The van der Waals surface area contributed by atoms with E-state index in [-0.39, 0.29) is 24.1 Å². The van der Waals surface area contributed by atoms with E-state index in [0.717, 1.165) is 0 Å². The second-order valence-electron chi connectivity index (χ2n) is 7.75. The summed E-state index contributed by atoms with van der Waals surface area (Å²) in [6.07, 6.45) is -2.24. The number of carboxylic acid groups (broad SMARTS) is 2. The lowest BCUT2D eigenvalue weighted by Gasteiger charge is -2.22. The molecule has 1 fully saturated rings. The standard InChI is InChI=1S/C21H19N3O5.C2HF3O2/c1-23-17-5-3-2-4-15(17)16(11-19(23)25)20(26)24-12-14(10-18(24)21(27)28)29-13-6-8-22-9-7-13;3-2(4,5)1(6)7/h2-9,11,14,18H,10,12H2,1H3,(H,27,28);(H,6,7)/t14-,18-;/m0./s1. The number of nitrogens with zero attached hydrogens (tertiary/aromatic N) is 3. The fraction of sp³-hybridized carbons (Fsp3) is 0.261. The summed E-state index contributed by atoms with van der Waals surface area (Å²) < 4.78 is 39.0. The number of para-hydroxylation sites is 1. The van der Waals surface area contributed by atoms with Crippen molar-refractivity contribution in [2.24, 2.45) is 7.05 Å². The molecular formula is C23H20F3N3O7. The fourth-order valence-electron chi connectivity index (χ4n) is 3.69. The van der Waals surface area contributed by atoms with Crippen LogP contribution in [0.25, 0.3) is 10.9 Å². The Morgan fingerprint density at radius 2 is 1.69 bits per heavy atom. The molecule has 13 heteroatoms. The first-order chi connectivity index (χ1) is 16.9. The monoisotopic (exact) mass is 507 g/mol. The predicted octanol–water partition coefficient (Wildman–Crippen LogP) is 2.31. The number of alkyl halides is 3. The van der Waals surface area contributed by atoms with Crippen LogP contribution in [0.2, 0.25) is 0 Å². The van der Waals surface area contributed by atoms with Crippen molar-refractivity contribution < 1.29 is 42.5 Å². The number of amides is 1. The Balaban J connectivity index is 0.000000454. The van der Waals surface area contributed by atoms with E-state index in [2.05, 4.69) is 4.98 Å². The van der Waals surface area contributed by atoms with Gasteiger partial charge in [0.05, 0.1) is 17.6 Å². The van der Waals surface area contributed by atoms with E-state index in [9.17, 15) is 32.7 Å². The highest BCUT2D eigenvalue weighted by atomic mass is 19.4. The summed E-state index contributed by atoms with van der Waals surface area (Å²) in [5.74, 6) is -3.80. The average molecular weight is 507 g/mol. The van der Waals surface area contributed by atoms with Crippen molar-refractivity contribution in [1.29, 1.82) is 0 Å². The molecule has 2 aromatic heterocycles. The van der Waals surface area contributed by atoms with Crippen LogP contribution in [0.5, 0.6) is 5.75 Å². The molecule has 0 aliphatic carbocycles. The Kier molecular flexibility index (Phi) is 7.61. The number of carboxylic acids is 2. The number of hydrogen-bond donors (Lipinski definition) is 2. The highest BCUT2D eigenvalue weighted by Gasteiger charge is 2.41. The zero-order valence-corrected chi connectivity index (χ0v) is 18.7. The van der Waals surface area contributed by atoms with Crippen molar-refractivity contribution >= 4 is 28.7 Å². The largest absolute Gasteiger partial charge is 0.490 e. The normalized spacial score (nSPS) is 17.3. The first kappa shape index (κ1) is 26.2. The van der Waals surface area contributed by atoms with Gasteiger partial charge in [0.1, 0.15) is 17.9 Å². The lowest BCUT2D eigenvalue weighted by Crippen LogP contribution is -2.41. The maximum atomic E-state index is 13.3. The minimum Gasteiger partial charge on any atom is -0.488 e. The first-order valence-corrected chi connectivity index (χ1v) is 10.4. The number of fused-ring (bicyclic) bond motifs is 1. The molecule has 4 rings (SSSR count). The van der Waals surface area contributed by atoms with Crippen LogP contribution in [0.3, 0.4) is 0 Å². The van der Waals surface area contributed by atoms with Crippen LogP contribution in [-0.4, -0.2) is 67.4 Å². The minimum absolute atomic E-state index is 0.113. The van der Waals surface area contributed by atoms with Crippen LogP contribution >= 0.6 is 0 Å². The van der Waals surface area contributed by atoms with E-state index >= 15 is 0 Å². The van der Waals surface area contributed by atoms with E-state index in [4.69, 9.17) is 14.6 Å². The molecule has 36 heavy (non-hydrogen) atoms. The molecule has 10 nitrogen and oxygen atoms in total. The van der Waals surface area contributed by atoms with Crippen molar-refractivity contribution in [3.05, 3.63) is 70.8 Å². The summed E-state index contributed by atoms with van der Waals surface area (Å²) in [6, 6.07) is 10.6. The molecule has 1 aliphatic rings. The highest BCUT2D eigenvalue weighted by Crippen LogP contribution is 2.27. The van der Waals surface area contributed by atoms with Crippen molar-refractivity contribution in [2.75, 3.05) is 6.54 Å². The molecule has 0 saturated carbocycles. The van der Waals surface area contributed by atoms with Gasteiger partial charge in [0.15, 0.2) is 0 Å². The van der Waals surface area contributed by atoms with Gasteiger partial charge < -0.3 is 24.4 Å². The zero-order chi connectivity index (χ0) is 26.6. The molecule has 3 heterocycles. The summed E-state index contributed by atoms with van der Waals surface area (Å²) in [6.45, 7) is 0.113. The summed E-state index contributed by atoms with van der Waals surface area (Å²) in [4.78, 5) is 51.5. The van der Waals surface area contributed by atoms with E-state index in [0.29, 0.717) is 16.7 Å². The van der Waals surface area contributed by atoms with Gasteiger partial charge in [-0.3, -0.25) is 14.6 Å². The molecule has 1 saturated heterocycles. The van der Waals surface area contributed by atoms with Gasteiger partial charge >= 0.3 is 18.1 Å².